The van der Waals surface area contributed by atoms with Gasteiger partial charge in [0.25, 0.3) is 0 Å². The molecule has 0 fully saturated rings. The fraction of sp³-hybridized carbons (Fsp3) is 0.188. The second-order valence-electron chi connectivity index (χ2n) is 9.75. The van der Waals surface area contributed by atoms with Gasteiger partial charge in [0, 0.05) is 34.9 Å². The molecule has 4 aromatic rings. The summed E-state index contributed by atoms with van der Waals surface area (Å²) < 4.78 is 16.7. The largest absolute Gasteiger partial charge is 0.497 e. The fourth-order valence-electron chi connectivity index (χ4n) is 5.58. The number of benzene rings is 3. The zero-order valence-electron chi connectivity index (χ0n) is 22.2. The average molecular weight is 536 g/mol. The Morgan fingerprint density at radius 1 is 0.925 bits per heavy atom. The average Bonchev–Trinajstić information content (AvgIpc) is 3.48. The van der Waals surface area contributed by atoms with Gasteiger partial charge in [0.05, 0.1) is 37.9 Å². The quantitative estimate of drug-likeness (QED) is 0.289. The minimum Gasteiger partial charge on any atom is -0.497 e. The number of urea groups is 1. The van der Waals surface area contributed by atoms with E-state index < -0.39 is 6.04 Å². The fourth-order valence-corrected chi connectivity index (χ4v) is 5.58. The molecular weight excluding hydrogens is 506 g/mol. The van der Waals surface area contributed by atoms with E-state index in [2.05, 4.69) is 10.6 Å². The number of rotatable bonds is 5. The number of amides is 2. The number of ketones is 1. The number of anilines is 3. The van der Waals surface area contributed by atoms with Crippen LogP contribution in [0.1, 0.15) is 36.1 Å². The third-order valence-electron chi connectivity index (χ3n) is 7.43. The van der Waals surface area contributed by atoms with Crippen molar-refractivity contribution in [2.24, 2.45) is 0 Å². The number of furan rings is 1. The minimum absolute atomic E-state index is 0.0545. The van der Waals surface area contributed by atoms with Crippen molar-refractivity contribution in [3.05, 3.63) is 114 Å². The molecule has 40 heavy (non-hydrogen) atoms. The van der Waals surface area contributed by atoms with Gasteiger partial charge in [0.2, 0.25) is 0 Å². The topological polar surface area (TPSA) is 93.0 Å². The number of carbonyl (C=O) groups is 2. The van der Waals surface area contributed by atoms with Crippen molar-refractivity contribution in [1.82, 2.24) is 0 Å². The Balaban J connectivity index is 1.52. The van der Waals surface area contributed by atoms with E-state index in [-0.39, 0.29) is 24.2 Å². The first-order chi connectivity index (χ1) is 19.6. The van der Waals surface area contributed by atoms with Crippen LogP contribution in [0.25, 0.3) is 0 Å². The summed E-state index contributed by atoms with van der Waals surface area (Å²) in [7, 11) is 3.18. The summed E-state index contributed by atoms with van der Waals surface area (Å²) in [6, 6.07) is 24.8. The maximum atomic E-state index is 14.2. The molecule has 0 saturated heterocycles. The molecule has 2 atom stereocenters. The summed E-state index contributed by atoms with van der Waals surface area (Å²) in [5.74, 6) is 1.87. The van der Waals surface area contributed by atoms with Crippen LogP contribution in [-0.4, -0.2) is 26.0 Å². The highest BCUT2D eigenvalue weighted by Crippen LogP contribution is 2.49. The lowest BCUT2D eigenvalue weighted by Gasteiger charge is -2.35. The summed E-state index contributed by atoms with van der Waals surface area (Å²) in [6.45, 7) is 0. The Bertz CT molecular complexity index is 1580. The second kappa shape index (κ2) is 10.6. The number of ether oxygens (including phenoxy) is 2. The standard InChI is InChI=1S/C32H29N3O5/c1-38-22-15-13-21(14-16-22)33-32(37)35-26-10-5-4-9-24(26)34-25-18-20(28-12-7-17-40-28)19-27(36)30(25)31(35)23-8-3-6-11-29(23)39-2/h3-17,20,31,34H,18-19H2,1-2H3,(H,33,37)/t20-,31+/m0/s1. The highest BCUT2D eigenvalue weighted by molar-refractivity contribution is 6.09. The van der Waals surface area contributed by atoms with Crippen LogP contribution >= 0.6 is 0 Å². The van der Waals surface area contributed by atoms with Gasteiger partial charge in [-0.1, -0.05) is 30.3 Å². The predicted molar refractivity (Wildman–Crippen MR) is 153 cm³/mol. The molecule has 2 amide bonds. The van der Waals surface area contributed by atoms with Gasteiger partial charge in [-0.05, 0) is 61.0 Å². The van der Waals surface area contributed by atoms with E-state index in [1.54, 1.807) is 49.6 Å². The van der Waals surface area contributed by atoms with Crippen LogP contribution in [0, 0.1) is 0 Å². The molecule has 0 radical (unpaired) electrons. The van der Waals surface area contributed by atoms with Gasteiger partial charge in [-0.25, -0.2) is 4.79 Å². The highest BCUT2D eigenvalue weighted by Gasteiger charge is 2.43. The summed E-state index contributed by atoms with van der Waals surface area (Å²) in [5, 5.41) is 6.55. The van der Waals surface area contributed by atoms with Crippen LogP contribution in [0.5, 0.6) is 11.5 Å². The van der Waals surface area contributed by atoms with E-state index in [1.165, 1.54) is 0 Å². The number of hydrogen-bond acceptors (Lipinski definition) is 6. The van der Waals surface area contributed by atoms with E-state index in [4.69, 9.17) is 13.9 Å². The molecule has 0 saturated carbocycles. The Kier molecular flexibility index (Phi) is 6.74. The van der Waals surface area contributed by atoms with Crippen molar-refractivity contribution in [1.29, 1.82) is 0 Å². The third kappa shape index (κ3) is 4.58. The van der Waals surface area contributed by atoms with Gasteiger partial charge in [0.1, 0.15) is 17.3 Å². The van der Waals surface area contributed by atoms with E-state index in [0.29, 0.717) is 40.4 Å². The molecule has 1 aliphatic carbocycles. The summed E-state index contributed by atoms with van der Waals surface area (Å²) in [5.41, 5.74) is 3.98. The number of fused-ring (bicyclic) bond motifs is 1. The summed E-state index contributed by atoms with van der Waals surface area (Å²) in [6.07, 6.45) is 2.45. The first-order valence-electron chi connectivity index (χ1n) is 13.1. The molecular formula is C32H29N3O5. The third-order valence-corrected chi connectivity index (χ3v) is 7.43. The van der Waals surface area contributed by atoms with Crippen molar-refractivity contribution in [3.8, 4) is 11.5 Å². The molecule has 0 unspecified atom stereocenters. The number of Topliss-reactive ketones (excluding diaryl/α,β-unsaturated/α-hetero) is 1. The number of methoxy groups -OCH3 is 2. The smallest absolute Gasteiger partial charge is 0.327 e. The minimum atomic E-state index is -0.745. The molecule has 202 valence electrons. The molecule has 8 nitrogen and oxygen atoms in total. The zero-order chi connectivity index (χ0) is 27.6. The molecule has 2 aliphatic rings. The van der Waals surface area contributed by atoms with Crippen molar-refractivity contribution in [2.45, 2.75) is 24.8 Å². The van der Waals surface area contributed by atoms with Crippen LogP contribution in [0.2, 0.25) is 0 Å². The lowest BCUT2D eigenvalue weighted by atomic mass is 9.80. The lowest BCUT2D eigenvalue weighted by molar-refractivity contribution is -0.116. The molecule has 0 spiro atoms. The molecule has 1 aromatic heterocycles. The van der Waals surface area contributed by atoms with Crippen molar-refractivity contribution >= 4 is 28.9 Å². The zero-order valence-corrected chi connectivity index (χ0v) is 22.2. The number of hydrogen-bond donors (Lipinski definition) is 2. The maximum Gasteiger partial charge on any atom is 0.327 e. The monoisotopic (exact) mass is 535 g/mol. The highest BCUT2D eigenvalue weighted by atomic mass is 16.5. The van der Waals surface area contributed by atoms with Crippen LogP contribution in [0.4, 0.5) is 21.9 Å². The SMILES string of the molecule is COc1ccc(NC(=O)N2c3ccccc3NC3=C(C(=O)C[C@@H](c4ccco4)C3)[C@H]2c2ccccc2OC)cc1. The van der Waals surface area contributed by atoms with Gasteiger partial charge in [0.15, 0.2) is 5.78 Å². The molecule has 2 heterocycles. The predicted octanol–water partition coefficient (Wildman–Crippen LogP) is 6.90. The Morgan fingerprint density at radius 3 is 2.45 bits per heavy atom. The first-order valence-corrected chi connectivity index (χ1v) is 13.1. The molecule has 1 aliphatic heterocycles. The number of nitrogens with zero attached hydrogens (tertiary/aromatic N) is 1. The number of nitrogens with one attached hydrogen (secondary N) is 2. The number of carbonyl (C=O) groups excluding carboxylic acids is 2. The second-order valence-corrected chi connectivity index (χ2v) is 9.75. The van der Waals surface area contributed by atoms with Crippen LogP contribution in [0.3, 0.4) is 0 Å². The van der Waals surface area contributed by atoms with Gasteiger partial charge in [-0.3, -0.25) is 9.69 Å². The Labute approximate surface area is 232 Å². The molecule has 3 aromatic carbocycles. The molecule has 8 heteroatoms. The van der Waals surface area contributed by atoms with Crippen LogP contribution < -0.4 is 25.0 Å². The number of allylic oxidation sites excluding steroid dienone is 1. The van der Waals surface area contributed by atoms with E-state index >= 15 is 0 Å². The van der Waals surface area contributed by atoms with Crippen molar-refractivity contribution in [3.63, 3.8) is 0 Å². The normalized spacial score (nSPS) is 18.2. The maximum absolute atomic E-state index is 14.2. The Morgan fingerprint density at radius 2 is 1.70 bits per heavy atom. The Hall–Kier alpha value is -4.98. The van der Waals surface area contributed by atoms with Crippen molar-refractivity contribution < 1.29 is 23.5 Å². The lowest BCUT2D eigenvalue weighted by Crippen LogP contribution is -2.41. The molecule has 0 bridgehead atoms. The number of para-hydroxylation sites is 3. The van der Waals surface area contributed by atoms with Gasteiger partial charge in [-0.15, -0.1) is 0 Å². The van der Waals surface area contributed by atoms with Gasteiger partial charge in [-0.2, -0.15) is 0 Å². The van der Waals surface area contributed by atoms with Crippen LogP contribution in [0.15, 0.2) is 107 Å². The molecule has 6 rings (SSSR count). The summed E-state index contributed by atoms with van der Waals surface area (Å²) >= 11 is 0. The van der Waals surface area contributed by atoms with Crippen LogP contribution in [-0.2, 0) is 4.79 Å². The van der Waals surface area contributed by atoms with Gasteiger partial charge >= 0.3 is 6.03 Å². The van der Waals surface area contributed by atoms with E-state index in [9.17, 15) is 9.59 Å². The summed E-state index contributed by atoms with van der Waals surface area (Å²) in [4.78, 5) is 29.9. The molecule has 2 N–H and O–H groups in total. The van der Waals surface area contributed by atoms with E-state index in [0.717, 1.165) is 17.1 Å². The van der Waals surface area contributed by atoms with Crippen molar-refractivity contribution in [2.75, 3.05) is 29.8 Å². The van der Waals surface area contributed by atoms with E-state index in [1.807, 2.05) is 60.7 Å². The van der Waals surface area contributed by atoms with Gasteiger partial charge < -0.3 is 24.5 Å². The first kappa shape index (κ1) is 25.3.